The van der Waals surface area contributed by atoms with E-state index in [9.17, 15) is 19.2 Å². The fraction of sp³-hybridized carbons (Fsp3) is 0.130. The van der Waals surface area contributed by atoms with Gasteiger partial charge in [-0.25, -0.2) is 4.79 Å². The van der Waals surface area contributed by atoms with Gasteiger partial charge < -0.3 is 14.5 Å². The highest BCUT2D eigenvalue weighted by Crippen LogP contribution is 2.31. The largest absolute Gasteiger partial charge is 0.459 e. The molecule has 1 N–H and O–H groups in total. The summed E-state index contributed by atoms with van der Waals surface area (Å²) in [6.07, 6.45) is 0. The van der Waals surface area contributed by atoms with Crippen LogP contribution in [0, 0.1) is 0 Å². The van der Waals surface area contributed by atoms with Gasteiger partial charge in [-0.3, -0.25) is 19.3 Å². The van der Waals surface area contributed by atoms with E-state index < -0.39 is 11.6 Å². The molecule has 0 atom stereocenters. The van der Waals surface area contributed by atoms with Gasteiger partial charge in [0.25, 0.3) is 5.91 Å². The Labute approximate surface area is 176 Å². The van der Waals surface area contributed by atoms with Gasteiger partial charge in [-0.15, -0.1) is 0 Å². The molecule has 4 rings (SSSR count). The number of benzene rings is 2. The number of hydrogen-bond donors (Lipinski definition) is 1. The molecular formula is C23H18N2O6. The summed E-state index contributed by atoms with van der Waals surface area (Å²) in [5.41, 5.74) is 2.17. The number of amides is 2. The third-order valence-electron chi connectivity index (χ3n) is 4.87. The molecule has 1 aliphatic heterocycles. The smallest absolute Gasteiger partial charge is 0.336 e. The normalized spacial score (nSPS) is 12.7. The third kappa shape index (κ3) is 3.95. The van der Waals surface area contributed by atoms with E-state index in [0.717, 1.165) is 0 Å². The highest BCUT2D eigenvalue weighted by atomic mass is 16.5. The Hall–Kier alpha value is -4.20. The Morgan fingerprint density at radius 2 is 1.84 bits per heavy atom. The number of nitrogens with one attached hydrogen (secondary N) is 1. The molecule has 1 aromatic heterocycles. The first-order valence-corrected chi connectivity index (χ1v) is 9.43. The zero-order valence-corrected chi connectivity index (χ0v) is 16.6. The number of fused-ring (bicyclic) bond motifs is 2. The van der Waals surface area contributed by atoms with Gasteiger partial charge in [0, 0.05) is 52.5 Å². The monoisotopic (exact) mass is 418 g/mol. The second-order valence-corrected chi connectivity index (χ2v) is 7.03. The number of esters is 1. The van der Waals surface area contributed by atoms with Crippen molar-refractivity contribution in [1.29, 1.82) is 0 Å². The molecule has 0 radical (unpaired) electrons. The predicted molar refractivity (Wildman–Crippen MR) is 113 cm³/mol. The van der Waals surface area contributed by atoms with Crippen molar-refractivity contribution in [3.63, 3.8) is 0 Å². The van der Waals surface area contributed by atoms with Crippen LogP contribution < -0.4 is 10.9 Å². The van der Waals surface area contributed by atoms with E-state index in [1.165, 1.54) is 24.0 Å². The van der Waals surface area contributed by atoms with Crippen molar-refractivity contribution in [2.75, 3.05) is 11.9 Å². The SMILES string of the molecule is C=C1c2ccccc2C(=O)N1CC(=O)OCc1cc(=O)oc2cc(NC(C)=O)ccc12. The average Bonchev–Trinajstić information content (AvgIpc) is 2.96. The van der Waals surface area contributed by atoms with Crippen molar-refractivity contribution in [2.45, 2.75) is 13.5 Å². The molecule has 0 spiro atoms. The molecular weight excluding hydrogens is 400 g/mol. The van der Waals surface area contributed by atoms with Crippen molar-refractivity contribution in [1.82, 2.24) is 4.90 Å². The Bertz CT molecular complexity index is 1270. The molecule has 0 saturated carbocycles. The zero-order valence-electron chi connectivity index (χ0n) is 16.6. The lowest BCUT2D eigenvalue weighted by Gasteiger charge is -2.16. The predicted octanol–water partition coefficient (Wildman–Crippen LogP) is 2.92. The number of ether oxygens (including phenoxy) is 1. The third-order valence-corrected chi connectivity index (χ3v) is 4.87. The number of carbonyl (C=O) groups excluding carboxylic acids is 3. The molecule has 3 aromatic rings. The summed E-state index contributed by atoms with van der Waals surface area (Å²) in [4.78, 5) is 49.3. The van der Waals surface area contributed by atoms with E-state index in [1.54, 1.807) is 36.4 Å². The van der Waals surface area contributed by atoms with Gasteiger partial charge in [-0.1, -0.05) is 24.8 Å². The van der Waals surface area contributed by atoms with Gasteiger partial charge in [0.15, 0.2) is 0 Å². The molecule has 8 heteroatoms. The maximum absolute atomic E-state index is 12.5. The number of anilines is 1. The highest BCUT2D eigenvalue weighted by molar-refractivity contribution is 6.10. The molecule has 2 heterocycles. The Balaban J connectivity index is 1.48. The minimum atomic E-state index is -0.640. The molecule has 156 valence electrons. The fourth-order valence-electron chi connectivity index (χ4n) is 3.47. The molecule has 0 fully saturated rings. The van der Waals surface area contributed by atoms with Crippen LogP contribution in [-0.2, 0) is 20.9 Å². The van der Waals surface area contributed by atoms with Gasteiger partial charge in [0.05, 0.1) is 0 Å². The van der Waals surface area contributed by atoms with Gasteiger partial charge in [0.2, 0.25) is 5.91 Å². The number of nitrogens with zero attached hydrogens (tertiary/aromatic N) is 1. The summed E-state index contributed by atoms with van der Waals surface area (Å²) in [6.45, 7) is 4.79. The lowest BCUT2D eigenvalue weighted by atomic mass is 10.1. The van der Waals surface area contributed by atoms with Crippen molar-refractivity contribution in [3.8, 4) is 0 Å². The first kappa shape index (κ1) is 20.1. The van der Waals surface area contributed by atoms with Gasteiger partial charge in [-0.2, -0.15) is 0 Å². The first-order valence-electron chi connectivity index (χ1n) is 9.43. The Morgan fingerprint density at radius 3 is 2.55 bits per heavy atom. The lowest BCUT2D eigenvalue weighted by molar-refractivity contribution is -0.145. The van der Waals surface area contributed by atoms with E-state index in [-0.39, 0.29) is 30.5 Å². The van der Waals surface area contributed by atoms with Crippen LogP contribution in [0.2, 0.25) is 0 Å². The zero-order chi connectivity index (χ0) is 22.1. The van der Waals surface area contributed by atoms with Crippen LogP contribution in [0.5, 0.6) is 0 Å². The summed E-state index contributed by atoms with van der Waals surface area (Å²) in [5, 5.41) is 3.18. The van der Waals surface area contributed by atoms with Gasteiger partial charge in [-0.05, 0) is 18.2 Å². The van der Waals surface area contributed by atoms with E-state index in [2.05, 4.69) is 11.9 Å². The van der Waals surface area contributed by atoms with Crippen LogP contribution in [0.4, 0.5) is 5.69 Å². The topological polar surface area (TPSA) is 106 Å². The highest BCUT2D eigenvalue weighted by Gasteiger charge is 2.32. The minimum absolute atomic E-state index is 0.179. The quantitative estimate of drug-likeness (QED) is 0.504. The van der Waals surface area contributed by atoms with Gasteiger partial charge >= 0.3 is 11.6 Å². The van der Waals surface area contributed by atoms with E-state index in [0.29, 0.717) is 33.5 Å². The number of hydrogen-bond acceptors (Lipinski definition) is 6. The number of carbonyl (C=O) groups is 3. The van der Waals surface area contributed by atoms with Crippen LogP contribution in [0.3, 0.4) is 0 Å². The van der Waals surface area contributed by atoms with Crippen molar-refractivity contribution >= 4 is 40.1 Å². The minimum Gasteiger partial charge on any atom is -0.459 e. The maximum atomic E-state index is 12.5. The van der Waals surface area contributed by atoms with Crippen molar-refractivity contribution in [3.05, 3.63) is 82.2 Å². The van der Waals surface area contributed by atoms with Crippen molar-refractivity contribution < 1.29 is 23.5 Å². The molecule has 0 bridgehead atoms. The fourth-order valence-corrected chi connectivity index (χ4v) is 3.47. The summed E-state index contributed by atoms with van der Waals surface area (Å²) in [7, 11) is 0. The van der Waals surface area contributed by atoms with E-state index in [4.69, 9.17) is 9.15 Å². The first-order chi connectivity index (χ1) is 14.8. The van der Waals surface area contributed by atoms with Gasteiger partial charge in [0.1, 0.15) is 18.7 Å². The molecule has 2 aromatic carbocycles. The molecule has 1 aliphatic rings. The van der Waals surface area contributed by atoms with Crippen LogP contribution in [0.15, 0.2) is 64.3 Å². The van der Waals surface area contributed by atoms with E-state index in [1.807, 2.05) is 0 Å². The summed E-state index contributed by atoms with van der Waals surface area (Å²) >= 11 is 0. The molecule has 31 heavy (non-hydrogen) atoms. The molecule has 0 unspecified atom stereocenters. The molecule has 8 nitrogen and oxygen atoms in total. The van der Waals surface area contributed by atoms with E-state index >= 15 is 0 Å². The summed E-state index contributed by atoms with van der Waals surface area (Å²) in [6, 6.07) is 13.1. The summed E-state index contributed by atoms with van der Waals surface area (Å²) < 4.78 is 10.5. The second kappa shape index (κ2) is 7.91. The number of rotatable bonds is 5. The lowest BCUT2D eigenvalue weighted by Crippen LogP contribution is -2.30. The Kier molecular flexibility index (Phi) is 5.12. The van der Waals surface area contributed by atoms with Crippen LogP contribution in [0.25, 0.3) is 16.7 Å². The van der Waals surface area contributed by atoms with Crippen LogP contribution in [0.1, 0.15) is 28.4 Å². The van der Waals surface area contributed by atoms with Crippen LogP contribution in [-0.4, -0.2) is 29.2 Å². The van der Waals surface area contributed by atoms with Crippen LogP contribution >= 0.6 is 0 Å². The van der Waals surface area contributed by atoms with Crippen molar-refractivity contribution in [2.24, 2.45) is 0 Å². The summed E-state index contributed by atoms with van der Waals surface area (Å²) in [5.74, 6) is -1.21. The molecule has 0 aliphatic carbocycles. The maximum Gasteiger partial charge on any atom is 0.336 e. The molecule has 0 saturated heterocycles. The second-order valence-electron chi connectivity index (χ2n) is 7.03. The standard InChI is InChI=1S/C23H18N2O6/c1-13-17-5-3-4-6-19(17)23(29)25(13)11-22(28)30-12-15-9-21(27)31-20-10-16(24-14(2)26)7-8-18(15)20/h3-10H,1,11-12H2,2H3,(H,24,26). The molecule has 2 amide bonds. The average molecular weight is 418 g/mol. The Morgan fingerprint density at radius 1 is 1.10 bits per heavy atom.